The Bertz CT molecular complexity index is 258. The van der Waals surface area contributed by atoms with Gasteiger partial charge in [-0.05, 0) is 19.4 Å². The van der Waals surface area contributed by atoms with E-state index >= 15 is 0 Å². The molecule has 0 aliphatic carbocycles. The van der Waals surface area contributed by atoms with Crippen LogP contribution in [0.15, 0.2) is 18.5 Å². The standard InChI is InChI=1S/C11H18N.ClH/c1-4-5-7-12-8-6-10(2)11(3)9-12;/h6,8-9H,4-5,7H2,1-3H3;1H/q+1;/p-1. The van der Waals surface area contributed by atoms with Crippen molar-refractivity contribution in [3.05, 3.63) is 29.6 Å². The van der Waals surface area contributed by atoms with Crippen LogP contribution in [0.3, 0.4) is 0 Å². The summed E-state index contributed by atoms with van der Waals surface area (Å²) in [4.78, 5) is 0. The van der Waals surface area contributed by atoms with Gasteiger partial charge in [0.2, 0.25) is 0 Å². The summed E-state index contributed by atoms with van der Waals surface area (Å²) < 4.78 is 2.27. The van der Waals surface area contributed by atoms with E-state index in [0.717, 1.165) is 6.54 Å². The van der Waals surface area contributed by atoms with Gasteiger partial charge in [0.05, 0.1) is 0 Å². The van der Waals surface area contributed by atoms with Gasteiger partial charge in [0.25, 0.3) is 0 Å². The van der Waals surface area contributed by atoms with Crippen LogP contribution in [0.4, 0.5) is 0 Å². The highest BCUT2D eigenvalue weighted by Crippen LogP contribution is 2.00. The number of aromatic nitrogens is 1. The minimum atomic E-state index is 0. The molecule has 0 amide bonds. The van der Waals surface area contributed by atoms with Crippen LogP contribution in [0, 0.1) is 13.8 Å². The lowest BCUT2D eigenvalue weighted by Crippen LogP contribution is -3.00. The number of hydrogen-bond donors (Lipinski definition) is 0. The van der Waals surface area contributed by atoms with Gasteiger partial charge in [0.15, 0.2) is 12.4 Å². The molecule has 0 aliphatic heterocycles. The number of unbranched alkanes of at least 4 members (excludes halogenated alkanes) is 1. The first-order valence-electron chi connectivity index (χ1n) is 4.70. The van der Waals surface area contributed by atoms with Crippen molar-refractivity contribution in [1.82, 2.24) is 0 Å². The molecule has 0 bridgehead atoms. The van der Waals surface area contributed by atoms with Crippen LogP contribution >= 0.6 is 0 Å². The maximum atomic E-state index is 2.27. The van der Waals surface area contributed by atoms with Gasteiger partial charge in [-0.25, -0.2) is 4.57 Å². The fourth-order valence-corrected chi connectivity index (χ4v) is 1.21. The first-order valence-corrected chi connectivity index (χ1v) is 4.70. The summed E-state index contributed by atoms with van der Waals surface area (Å²) in [5, 5.41) is 0. The molecule has 1 aromatic rings. The van der Waals surface area contributed by atoms with Crippen LogP contribution in [0.1, 0.15) is 30.9 Å². The molecule has 0 fully saturated rings. The van der Waals surface area contributed by atoms with Gasteiger partial charge >= 0.3 is 0 Å². The van der Waals surface area contributed by atoms with E-state index in [9.17, 15) is 0 Å². The van der Waals surface area contributed by atoms with Crippen LogP contribution < -0.4 is 17.0 Å². The minimum Gasteiger partial charge on any atom is -1.00 e. The summed E-state index contributed by atoms with van der Waals surface area (Å²) in [6, 6.07) is 2.19. The Morgan fingerprint density at radius 3 is 2.46 bits per heavy atom. The highest BCUT2D eigenvalue weighted by molar-refractivity contribution is 5.16. The molecule has 0 unspecified atom stereocenters. The third-order valence-electron chi connectivity index (χ3n) is 2.27. The van der Waals surface area contributed by atoms with Crippen molar-refractivity contribution >= 4 is 0 Å². The van der Waals surface area contributed by atoms with E-state index in [4.69, 9.17) is 0 Å². The Hall–Kier alpha value is -0.560. The van der Waals surface area contributed by atoms with Crippen LogP contribution in [-0.2, 0) is 6.54 Å². The molecule has 0 aliphatic rings. The summed E-state index contributed by atoms with van der Waals surface area (Å²) in [5.41, 5.74) is 2.76. The Labute approximate surface area is 87.2 Å². The maximum absolute atomic E-state index is 2.27. The Kier molecular flexibility index (Phi) is 5.72. The topological polar surface area (TPSA) is 3.88 Å². The lowest BCUT2D eigenvalue weighted by molar-refractivity contribution is -0.697. The third-order valence-corrected chi connectivity index (χ3v) is 2.27. The molecular formula is C11H18ClN. The average molecular weight is 200 g/mol. The largest absolute Gasteiger partial charge is 1.00 e. The zero-order valence-electron chi connectivity index (χ0n) is 8.68. The number of aryl methyl sites for hydroxylation is 3. The van der Waals surface area contributed by atoms with Crippen LogP contribution in [0.2, 0.25) is 0 Å². The quantitative estimate of drug-likeness (QED) is 0.573. The number of rotatable bonds is 3. The van der Waals surface area contributed by atoms with Gasteiger partial charge in [0.1, 0.15) is 6.54 Å². The highest BCUT2D eigenvalue weighted by atomic mass is 35.5. The Morgan fingerprint density at radius 2 is 1.92 bits per heavy atom. The maximum Gasteiger partial charge on any atom is 0.171 e. The van der Waals surface area contributed by atoms with Crippen molar-refractivity contribution in [3.63, 3.8) is 0 Å². The van der Waals surface area contributed by atoms with E-state index in [1.54, 1.807) is 0 Å². The van der Waals surface area contributed by atoms with Crippen LogP contribution in [0.25, 0.3) is 0 Å². The monoisotopic (exact) mass is 199 g/mol. The number of pyridine rings is 1. The van der Waals surface area contributed by atoms with Gasteiger partial charge in [-0.3, -0.25) is 0 Å². The molecule has 0 radical (unpaired) electrons. The SMILES string of the molecule is CCCC[n+]1ccc(C)c(C)c1.[Cl-]. The van der Waals surface area contributed by atoms with Crippen molar-refractivity contribution in [2.24, 2.45) is 0 Å². The first kappa shape index (κ1) is 12.4. The Balaban J connectivity index is 0.00000144. The van der Waals surface area contributed by atoms with Crippen molar-refractivity contribution in [1.29, 1.82) is 0 Å². The van der Waals surface area contributed by atoms with Gasteiger partial charge in [-0.2, -0.15) is 0 Å². The molecule has 74 valence electrons. The molecule has 1 nitrogen and oxygen atoms in total. The molecule has 0 atom stereocenters. The minimum absolute atomic E-state index is 0. The Morgan fingerprint density at radius 1 is 1.23 bits per heavy atom. The first-order chi connectivity index (χ1) is 5.74. The molecule has 2 heteroatoms. The lowest BCUT2D eigenvalue weighted by atomic mass is 10.2. The van der Waals surface area contributed by atoms with Gasteiger partial charge < -0.3 is 12.4 Å². The predicted molar refractivity (Wildman–Crippen MR) is 51.0 cm³/mol. The van der Waals surface area contributed by atoms with E-state index in [1.807, 2.05) is 0 Å². The second-order valence-electron chi connectivity index (χ2n) is 3.40. The number of halogens is 1. The van der Waals surface area contributed by atoms with Gasteiger partial charge in [0, 0.05) is 18.1 Å². The van der Waals surface area contributed by atoms with Crippen LogP contribution in [0.5, 0.6) is 0 Å². The normalized spacial score (nSPS) is 9.46. The summed E-state index contributed by atoms with van der Waals surface area (Å²) in [7, 11) is 0. The van der Waals surface area contributed by atoms with Crippen LogP contribution in [-0.4, -0.2) is 0 Å². The highest BCUT2D eigenvalue weighted by Gasteiger charge is 2.00. The number of nitrogens with zero attached hydrogens (tertiary/aromatic N) is 1. The number of hydrogen-bond acceptors (Lipinski definition) is 0. The fraction of sp³-hybridized carbons (Fsp3) is 0.545. The van der Waals surface area contributed by atoms with Crippen molar-refractivity contribution in [3.8, 4) is 0 Å². The molecule has 13 heavy (non-hydrogen) atoms. The third kappa shape index (κ3) is 3.77. The lowest BCUT2D eigenvalue weighted by Gasteiger charge is -1.98. The van der Waals surface area contributed by atoms with Gasteiger partial charge in [-0.15, -0.1) is 0 Å². The molecular weight excluding hydrogens is 182 g/mol. The van der Waals surface area contributed by atoms with E-state index in [2.05, 4.69) is 43.8 Å². The van der Waals surface area contributed by atoms with E-state index in [0.29, 0.717) is 0 Å². The molecule has 0 saturated heterocycles. The van der Waals surface area contributed by atoms with Crippen molar-refractivity contribution < 1.29 is 17.0 Å². The summed E-state index contributed by atoms with van der Waals surface area (Å²) in [6.07, 6.45) is 6.93. The summed E-state index contributed by atoms with van der Waals surface area (Å²) in [6.45, 7) is 7.69. The molecule has 0 N–H and O–H groups in total. The fourth-order valence-electron chi connectivity index (χ4n) is 1.21. The van der Waals surface area contributed by atoms with Gasteiger partial charge in [-0.1, -0.05) is 13.3 Å². The zero-order valence-corrected chi connectivity index (χ0v) is 9.43. The molecule has 1 aromatic heterocycles. The van der Waals surface area contributed by atoms with Crippen molar-refractivity contribution in [2.75, 3.05) is 0 Å². The summed E-state index contributed by atoms with van der Waals surface area (Å²) in [5.74, 6) is 0. The predicted octanol–water partition coefficient (Wildman–Crippen LogP) is -0.605. The van der Waals surface area contributed by atoms with E-state index in [1.165, 1.54) is 24.0 Å². The molecule has 1 heterocycles. The molecule has 1 rings (SSSR count). The van der Waals surface area contributed by atoms with Crippen molar-refractivity contribution in [2.45, 2.75) is 40.2 Å². The molecule has 0 spiro atoms. The average Bonchev–Trinajstić information content (AvgIpc) is 2.07. The zero-order chi connectivity index (χ0) is 8.97. The second-order valence-corrected chi connectivity index (χ2v) is 3.40. The molecule has 0 aromatic carbocycles. The van der Waals surface area contributed by atoms with E-state index in [-0.39, 0.29) is 12.4 Å². The van der Waals surface area contributed by atoms with E-state index < -0.39 is 0 Å². The summed E-state index contributed by atoms with van der Waals surface area (Å²) >= 11 is 0. The second kappa shape index (κ2) is 5.98. The smallest absolute Gasteiger partial charge is 0.171 e. The molecule has 0 saturated carbocycles.